The zero-order chi connectivity index (χ0) is 11.8. The van der Waals surface area contributed by atoms with Crippen LogP contribution in [-0.4, -0.2) is 5.78 Å². The summed E-state index contributed by atoms with van der Waals surface area (Å²) in [6.45, 7) is 10.1. The van der Waals surface area contributed by atoms with Crippen LogP contribution in [0.4, 0.5) is 0 Å². The summed E-state index contributed by atoms with van der Waals surface area (Å²) in [7, 11) is 0. The van der Waals surface area contributed by atoms with Crippen molar-refractivity contribution in [2.24, 2.45) is 0 Å². The van der Waals surface area contributed by atoms with Crippen LogP contribution in [0.5, 0.6) is 0 Å². The first-order valence-electron chi connectivity index (χ1n) is 5.38. The van der Waals surface area contributed by atoms with E-state index in [0.717, 1.165) is 17.6 Å². The quantitative estimate of drug-likeness (QED) is 0.486. The number of hydrogen-bond acceptors (Lipinski definition) is 1. The Morgan fingerprint density at radius 3 is 2.00 bits per heavy atom. The lowest BCUT2D eigenvalue weighted by Crippen LogP contribution is -1.94. The SMILES string of the molecule is CC(C)=CC/C=C(\C)CC(=O)C=C(C)C. The molecule has 0 aromatic rings. The lowest BCUT2D eigenvalue weighted by molar-refractivity contribution is -0.114. The predicted octanol–water partition coefficient (Wildman–Crippen LogP) is 4.21. The molecule has 0 amide bonds. The Morgan fingerprint density at radius 2 is 1.53 bits per heavy atom. The van der Waals surface area contributed by atoms with E-state index in [2.05, 4.69) is 26.0 Å². The van der Waals surface area contributed by atoms with Gasteiger partial charge in [0.1, 0.15) is 0 Å². The second-order valence-electron chi connectivity index (χ2n) is 4.43. The van der Waals surface area contributed by atoms with Crippen LogP contribution in [0.1, 0.15) is 47.5 Å². The molecule has 0 rings (SSSR count). The van der Waals surface area contributed by atoms with Crippen LogP contribution in [0.2, 0.25) is 0 Å². The average Bonchev–Trinajstić information content (AvgIpc) is 2.00. The Labute approximate surface area is 93.6 Å². The number of hydrogen-bond donors (Lipinski definition) is 0. The monoisotopic (exact) mass is 206 g/mol. The Kier molecular flexibility index (Phi) is 6.68. The normalized spacial score (nSPS) is 10.9. The third-order valence-corrected chi connectivity index (χ3v) is 1.90. The van der Waals surface area contributed by atoms with Crippen LogP contribution in [-0.2, 0) is 4.79 Å². The van der Waals surface area contributed by atoms with Crippen molar-refractivity contribution in [2.45, 2.75) is 47.5 Å². The third-order valence-electron chi connectivity index (χ3n) is 1.90. The summed E-state index contributed by atoms with van der Waals surface area (Å²) in [5, 5.41) is 0. The molecule has 84 valence electrons. The molecule has 0 aromatic heterocycles. The largest absolute Gasteiger partial charge is 0.295 e. The molecule has 0 atom stereocenters. The van der Waals surface area contributed by atoms with Crippen molar-refractivity contribution in [1.82, 2.24) is 0 Å². The van der Waals surface area contributed by atoms with Crippen LogP contribution < -0.4 is 0 Å². The van der Waals surface area contributed by atoms with E-state index in [0.29, 0.717) is 6.42 Å². The second kappa shape index (κ2) is 7.22. The molecule has 0 bridgehead atoms. The Morgan fingerprint density at radius 1 is 0.933 bits per heavy atom. The van der Waals surface area contributed by atoms with E-state index in [1.165, 1.54) is 5.57 Å². The Balaban J connectivity index is 4.13. The molecule has 0 spiro atoms. The van der Waals surface area contributed by atoms with E-state index in [9.17, 15) is 4.79 Å². The van der Waals surface area contributed by atoms with Crippen LogP contribution >= 0.6 is 0 Å². The van der Waals surface area contributed by atoms with Gasteiger partial charge in [0.05, 0.1) is 0 Å². The van der Waals surface area contributed by atoms with Gasteiger partial charge in [0.2, 0.25) is 0 Å². The van der Waals surface area contributed by atoms with Crippen LogP contribution in [0.25, 0.3) is 0 Å². The van der Waals surface area contributed by atoms with Crippen LogP contribution in [0.15, 0.2) is 34.9 Å². The molecule has 0 saturated heterocycles. The van der Waals surface area contributed by atoms with Gasteiger partial charge in [-0.2, -0.15) is 0 Å². The Bertz CT molecular complexity index is 295. The average molecular weight is 206 g/mol. The Hall–Kier alpha value is -1.11. The smallest absolute Gasteiger partial charge is 0.159 e. The summed E-state index contributed by atoms with van der Waals surface area (Å²) in [5.41, 5.74) is 3.53. The van der Waals surface area contributed by atoms with E-state index in [4.69, 9.17) is 0 Å². The molecule has 0 N–H and O–H groups in total. The van der Waals surface area contributed by atoms with Crippen molar-refractivity contribution in [2.75, 3.05) is 0 Å². The summed E-state index contributed by atoms with van der Waals surface area (Å²) < 4.78 is 0. The first-order valence-corrected chi connectivity index (χ1v) is 5.38. The van der Waals surface area contributed by atoms with Gasteiger partial charge in [0, 0.05) is 6.42 Å². The van der Waals surface area contributed by atoms with E-state index < -0.39 is 0 Å². The summed E-state index contributed by atoms with van der Waals surface area (Å²) in [5.74, 6) is 0.195. The highest BCUT2D eigenvalue weighted by atomic mass is 16.1. The zero-order valence-corrected chi connectivity index (χ0v) is 10.6. The predicted molar refractivity (Wildman–Crippen MR) is 66.9 cm³/mol. The van der Waals surface area contributed by atoms with Crippen molar-refractivity contribution >= 4 is 5.78 Å². The van der Waals surface area contributed by atoms with Crippen molar-refractivity contribution in [3.8, 4) is 0 Å². The maximum absolute atomic E-state index is 11.4. The topological polar surface area (TPSA) is 17.1 Å². The van der Waals surface area contributed by atoms with Crippen LogP contribution in [0, 0.1) is 0 Å². The zero-order valence-electron chi connectivity index (χ0n) is 10.6. The van der Waals surface area contributed by atoms with Gasteiger partial charge >= 0.3 is 0 Å². The van der Waals surface area contributed by atoms with Gasteiger partial charge in [-0.15, -0.1) is 0 Å². The fourth-order valence-corrected chi connectivity index (χ4v) is 1.22. The van der Waals surface area contributed by atoms with E-state index in [1.54, 1.807) is 6.08 Å². The number of ketones is 1. The molecule has 1 heteroatoms. The fraction of sp³-hybridized carbons (Fsp3) is 0.500. The molecule has 0 unspecified atom stereocenters. The molecular weight excluding hydrogens is 184 g/mol. The standard InChI is InChI=1S/C14H22O/c1-11(2)7-6-8-13(5)10-14(15)9-12(3)4/h7-9H,6,10H2,1-5H3/b13-8+. The van der Waals surface area contributed by atoms with E-state index >= 15 is 0 Å². The molecule has 0 saturated carbocycles. The molecule has 0 aromatic carbocycles. The molecule has 0 fully saturated rings. The molecular formula is C14H22O. The lowest BCUT2D eigenvalue weighted by atomic mass is 10.1. The van der Waals surface area contributed by atoms with Gasteiger partial charge in [0.25, 0.3) is 0 Å². The summed E-state index contributed by atoms with van der Waals surface area (Å²) in [4.78, 5) is 11.4. The number of allylic oxidation sites excluding steroid dienone is 6. The van der Waals surface area contributed by atoms with E-state index in [1.807, 2.05) is 20.8 Å². The lowest BCUT2D eigenvalue weighted by Gasteiger charge is -1.97. The number of rotatable bonds is 5. The van der Waals surface area contributed by atoms with Crippen molar-refractivity contribution < 1.29 is 4.79 Å². The molecule has 15 heavy (non-hydrogen) atoms. The highest BCUT2D eigenvalue weighted by Crippen LogP contribution is 2.06. The fourth-order valence-electron chi connectivity index (χ4n) is 1.22. The highest BCUT2D eigenvalue weighted by molar-refractivity contribution is 5.91. The summed E-state index contributed by atoms with van der Waals surface area (Å²) in [6, 6.07) is 0. The number of carbonyl (C=O) groups excluding carboxylic acids is 1. The summed E-state index contributed by atoms with van der Waals surface area (Å²) in [6.07, 6.45) is 7.45. The molecule has 0 aliphatic heterocycles. The highest BCUT2D eigenvalue weighted by Gasteiger charge is 1.98. The van der Waals surface area contributed by atoms with Gasteiger partial charge in [-0.25, -0.2) is 0 Å². The third kappa shape index (κ3) is 9.20. The molecule has 1 nitrogen and oxygen atoms in total. The van der Waals surface area contributed by atoms with E-state index in [-0.39, 0.29) is 5.78 Å². The van der Waals surface area contributed by atoms with Crippen LogP contribution in [0.3, 0.4) is 0 Å². The maximum Gasteiger partial charge on any atom is 0.159 e. The van der Waals surface area contributed by atoms with Crippen molar-refractivity contribution in [3.63, 3.8) is 0 Å². The second-order valence-corrected chi connectivity index (χ2v) is 4.43. The van der Waals surface area contributed by atoms with Gasteiger partial charge < -0.3 is 0 Å². The van der Waals surface area contributed by atoms with Gasteiger partial charge in [-0.3, -0.25) is 4.79 Å². The van der Waals surface area contributed by atoms with Crippen molar-refractivity contribution in [3.05, 3.63) is 34.9 Å². The van der Waals surface area contributed by atoms with Gasteiger partial charge in [-0.1, -0.05) is 28.9 Å². The minimum absolute atomic E-state index is 0.195. The molecule has 0 aliphatic carbocycles. The minimum Gasteiger partial charge on any atom is -0.295 e. The van der Waals surface area contributed by atoms with Gasteiger partial charge in [0.15, 0.2) is 5.78 Å². The van der Waals surface area contributed by atoms with Gasteiger partial charge in [-0.05, 0) is 47.1 Å². The molecule has 0 aliphatic rings. The molecule has 0 heterocycles. The molecule has 0 radical (unpaired) electrons. The van der Waals surface area contributed by atoms with Crippen molar-refractivity contribution in [1.29, 1.82) is 0 Å². The summed E-state index contributed by atoms with van der Waals surface area (Å²) >= 11 is 0. The first-order chi connectivity index (χ1) is 6.91. The number of carbonyl (C=O) groups is 1. The first kappa shape index (κ1) is 13.9. The minimum atomic E-state index is 0.195. The maximum atomic E-state index is 11.4.